The van der Waals surface area contributed by atoms with Crippen molar-refractivity contribution in [2.24, 2.45) is 0 Å². The maximum absolute atomic E-state index is 12.7. The van der Waals surface area contributed by atoms with Crippen molar-refractivity contribution in [1.82, 2.24) is 14.5 Å². The number of anilines is 1. The minimum atomic E-state index is -0.514. The summed E-state index contributed by atoms with van der Waals surface area (Å²) in [6.07, 6.45) is 1.62. The summed E-state index contributed by atoms with van der Waals surface area (Å²) in [6.45, 7) is 7.51. The molecule has 1 aliphatic rings. The van der Waals surface area contributed by atoms with Crippen molar-refractivity contribution in [2.45, 2.75) is 51.8 Å². The van der Waals surface area contributed by atoms with Crippen LogP contribution in [0.5, 0.6) is 0 Å². The highest BCUT2D eigenvalue weighted by atomic mass is 35.5. The Bertz CT molecular complexity index is 1160. The normalized spacial score (nSPS) is 16.8. The van der Waals surface area contributed by atoms with Crippen molar-refractivity contribution in [3.05, 3.63) is 58.1 Å². The highest BCUT2D eigenvalue weighted by molar-refractivity contribution is 6.33. The Morgan fingerprint density at radius 1 is 1.21 bits per heavy atom. The van der Waals surface area contributed by atoms with Crippen LogP contribution in [0.15, 0.2) is 42.5 Å². The number of carbonyl (C=O) groups excluding carboxylic acids is 1. The third-order valence-corrected chi connectivity index (χ3v) is 6.49. The number of amides is 1. The molecule has 1 aromatic heterocycles. The van der Waals surface area contributed by atoms with Gasteiger partial charge >= 0.3 is 6.09 Å². The number of nitrogens with zero attached hydrogens (tertiary/aromatic N) is 4. The Morgan fingerprint density at radius 2 is 1.97 bits per heavy atom. The van der Waals surface area contributed by atoms with E-state index in [1.807, 2.05) is 58.2 Å². The van der Waals surface area contributed by atoms with E-state index in [9.17, 15) is 4.79 Å². The maximum Gasteiger partial charge on any atom is 0.410 e. The summed E-state index contributed by atoms with van der Waals surface area (Å²) < 4.78 is 7.77. The first-order valence-electron chi connectivity index (χ1n) is 11.2. The molecular weight excluding hydrogens is 459 g/mol. The molecule has 8 heteroatoms. The zero-order chi connectivity index (χ0) is 23.8. The van der Waals surface area contributed by atoms with Crippen molar-refractivity contribution in [1.29, 1.82) is 0 Å². The molecule has 0 N–H and O–H groups in total. The van der Waals surface area contributed by atoms with Crippen molar-refractivity contribution in [3.63, 3.8) is 0 Å². The predicted molar refractivity (Wildman–Crippen MR) is 135 cm³/mol. The van der Waals surface area contributed by atoms with E-state index in [0.29, 0.717) is 29.7 Å². The molecule has 0 saturated carbocycles. The standard InChI is InChI=1S/C25H30Cl2N4O2/c1-25(2,3)33-24(32)30-13-7-8-19(16-30)29(4)23-28-21-9-5-6-10-22(21)31(23)15-17-14-18(26)11-12-20(17)27/h5-6,9-12,14,19H,7-8,13,15-16H2,1-4H3/t19-/m1/s1. The number of benzene rings is 2. The van der Waals surface area contributed by atoms with Crippen LogP contribution in [0.25, 0.3) is 11.0 Å². The summed E-state index contributed by atoms with van der Waals surface area (Å²) in [7, 11) is 2.04. The number of carbonyl (C=O) groups is 1. The van der Waals surface area contributed by atoms with E-state index >= 15 is 0 Å². The monoisotopic (exact) mass is 488 g/mol. The second kappa shape index (κ2) is 9.43. The molecule has 0 aliphatic carbocycles. The van der Waals surface area contributed by atoms with Crippen molar-refractivity contribution < 1.29 is 9.53 Å². The number of imidazole rings is 1. The molecule has 1 aliphatic heterocycles. The maximum atomic E-state index is 12.7. The highest BCUT2D eigenvalue weighted by Crippen LogP contribution is 2.29. The Balaban J connectivity index is 1.64. The van der Waals surface area contributed by atoms with Gasteiger partial charge in [0.1, 0.15) is 5.60 Å². The summed E-state index contributed by atoms with van der Waals surface area (Å²) in [4.78, 5) is 21.6. The molecule has 0 unspecified atom stereocenters. The summed E-state index contributed by atoms with van der Waals surface area (Å²) in [5.74, 6) is 0.836. The molecule has 6 nitrogen and oxygen atoms in total. The summed E-state index contributed by atoms with van der Waals surface area (Å²) in [5, 5.41) is 1.31. The van der Waals surface area contributed by atoms with Crippen LogP contribution < -0.4 is 4.90 Å². The number of hydrogen-bond donors (Lipinski definition) is 0. The number of likely N-dealkylation sites (N-methyl/N-ethyl adjacent to an activating group) is 1. The lowest BCUT2D eigenvalue weighted by molar-refractivity contribution is 0.0199. The topological polar surface area (TPSA) is 50.6 Å². The third-order valence-electron chi connectivity index (χ3n) is 5.88. The molecular formula is C25H30Cl2N4O2. The fraction of sp³-hybridized carbons (Fsp3) is 0.440. The zero-order valence-electron chi connectivity index (χ0n) is 19.5. The van der Waals surface area contributed by atoms with Crippen molar-refractivity contribution in [3.8, 4) is 0 Å². The van der Waals surface area contributed by atoms with E-state index in [1.165, 1.54) is 0 Å². The van der Waals surface area contributed by atoms with Gasteiger partial charge in [0.05, 0.1) is 17.6 Å². The molecule has 3 aromatic rings. The largest absolute Gasteiger partial charge is 0.444 e. The van der Waals surface area contributed by atoms with Crippen molar-refractivity contribution >= 4 is 46.3 Å². The molecule has 2 heterocycles. The highest BCUT2D eigenvalue weighted by Gasteiger charge is 2.31. The SMILES string of the molecule is CN(c1nc2ccccc2n1Cc1cc(Cl)ccc1Cl)[C@@H]1CCCN(C(=O)OC(C)(C)C)C1. The van der Waals surface area contributed by atoms with Crippen LogP contribution in [0.3, 0.4) is 0 Å². The molecule has 1 atom stereocenters. The van der Waals surface area contributed by atoms with Gasteiger partial charge in [-0.15, -0.1) is 0 Å². The number of ether oxygens (including phenoxy) is 1. The Morgan fingerprint density at radius 3 is 2.73 bits per heavy atom. The first-order chi connectivity index (χ1) is 15.6. The smallest absolute Gasteiger partial charge is 0.410 e. The first kappa shape index (κ1) is 23.7. The first-order valence-corrected chi connectivity index (χ1v) is 12.0. The van der Waals surface area contributed by atoms with Crippen LogP contribution in [-0.4, -0.2) is 52.3 Å². The predicted octanol–water partition coefficient (Wildman–Crippen LogP) is 6.23. The van der Waals surface area contributed by atoms with Gasteiger partial charge in [-0.05, 0) is 69.5 Å². The van der Waals surface area contributed by atoms with Crippen LogP contribution in [0.4, 0.5) is 10.7 Å². The Kier molecular flexibility index (Phi) is 6.78. The number of likely N-dealkylation sites (tertiary alicyclic amines) is 1. The number of halogens is 2. The van der Waals surface area contributed by atoms with Gasteiger partial charge in [-0.2, -0.15) is 0 Å². The number of hydrogen-bond acceptors (Lipinski definition) is 4. The fourth-order valence-corrected chi connectivity index (χ4v) is 4.62. The van der Waals surface area contributed by atoms with Gasteiger partial charge in [-0.3, -0.25) is 0 Å². The van der Waals surface area contributed by atoms with E-state index in [-0.39, 0.29) is 12.1 Å². The second-order valence-electron chi connectivity index (χ2n) is 9.56. The van der Waals surface area contributed by atoms with Crippen molar-refractivity contribution in [2.75, 3.05) is 25.0 Å². The van der Waals surface area contributed by atoms with Gasteiger partial charge in [-0.1, -0.05) is 35.3 Å². The lowest BCUT2D eigenvalue weighted by atomic mass is 10.1. The van der Waals surface area contributed by atoms with Gasteiger partial charge < -0.3 is 19.1 Å². The second-order valence-corrected chi connectivity index (χ2v) is 10.4. The van der Waals surface area contributed by atoms with Gasteiger partial charge in [-0.25, -0.2) is 9.78 Å². The van der Waals surface area contributed by atoms with Gasteiger partial charge in [0.25, 0.3) is 0 Å². The molecule has 0 radical (unpaired) electrons. The van der Waals surface area contributed by atoms with Gasteiger partial charge in [0.15, 0.2) is 0 Å². The van der Waals surface area contributed by atoms with Gasteiger partial charge in [0, 0.05) is 36.2 Å². The minimum Gasteiger partial charge on any atom is -0.444 e. The molecule has 0 bridgehead atoms. The summed E-state index contributed by atoms with van der Waals surface area (Å²) >= 11 is 12.7. The molecule has 0 spiro atoms. The number of aromatic nitrogens is 2. The zero-order valence-corrected chi connectivity index (χ0v) is 21.0. The van der Waals surface area contributed by atoms with Crippen LogP contribution in [0.1, 0.15) is 39.2 Å². The minimum absolute atomic E-state index is 0.122. The molecule has 33 heavy (non-hydrogen) atoms. The average molecular weight is 489 g/mol. The molecule has 2 aromatic carbocycles. The lowest BCUT2D eigenvalue weighted by Crippen LogP contribution is -2.50. The van der Waals surface area contributed by atoms with Crippen LogP contribution in [0, 0.1) is 0 Å². The van der Waals surface area contributed by atoms with E-state index in [0.717, 1.165) is 35.4 Å². The average Bonchev–Trinajstić information content (AvgIpc) is 3.13. The molecule has 1 amide bonds. The van der Waals surface area contributed by atoms with E-state index in [2.05, 4.69) is 15.5 Å². The van der Waals surface area contributed by atoms with Crippen LogP contribution in [-0.2, 0) is 11.3 Å². The molecule has 4 rings (SSSR count). The van der Waals surface area contributed by atoms with E-state index in [1.54, 1.807) is 11.0 Å². The van der Waals surface area contributed by atoms with E-state index < -0.39 is 5.60 Å². The van der Waals surface area contributed by atoms with Crippen LogP contribution in [0.2, 0.25) is 10.0 Å². The van der Waals surface area contributed by atoms with Gasteiger partial charge in [0.2, 0.25) is 5.95 Å². The summed E-state index contributed by atoms with van der Waals surface area (Å²) in [5.41, 5.74) is 2.36. The Labute approximate surface area is 205 Å². The summed E-state index contributed by atoms with van der Waals surface area (Å²) in [6, 6.07) is 13.7. The fourth-order valence-electron chi connectivity index (χ4n) is 4.25. The number of piperidine rings is 1. The number of rotatable bonds is 4. The molecule has 1 saturated heterocycles. The lowest BCUT2D eigenvalue weighted by Gasteiger charge is -2.38. The third kappa shape index (κ3) is 5.39. The van der Waals surface area contributed by atoms with Crippen LogP contribution >= 0.6 is 23.2 Å². The Hall–Kier alpha value is -2.44. The molecule has 176 valence electrons. The number of fused-ring (bicyclic) bond motifs is 1. The number of para-hydroxylation sites is 2. The molecule has 1 fully saturated rings. The quantitative estimate of drug-likeness (QED) is 0.436. The van der Waals surface area contributed by atoms with E-state index in [4.69, 9.17) is 32.9 Å².